The molecule has 0 fully saturated rings. The van der Waals surface area contributed by atoms with Gasteiger partial charge in [-0.2, -0.15) is 5.10 Å². The van der Waals surface area contributed by atoms with Gasteiger partial charge in [0.25, 0.3) is 0 Å². The van der Waals surface area contributed by atoms with Crippen molar-refractivity contribution < 1.29 is 4.39 Å². The van der Waals surface area contributed by atoms with Crippen LogP contribution in [-0.4, -0.2) is 9.78 Å². The summed E-state index contributed by atoms with van der Waals surface area (Å²) in [5.41, 5.74) is 2.06. The Labute approximate surface area is 107 Å². The van der Waals surface area contributed by atoms with E-state index in [4.69, 9.17) is 0 Å². The minimum absolute atomic E-state index is 0.0885. The van der Waals surface area contributed by atoms with Crippen LogP contribution in [0.5, 0.6) is 0 Å². The first-order valence-electron chi connectivity index (χ1n) is 6.07. The molecule has 0 bridgehead atoms. The van der Waals surface area contributed by atoms with Gasteiger partial charge in [-0.25, -0.2) is 4.39 Å². The van der Waals surface area contributed by atoms with Gasteiger partial charge in [0, 0.05) is 25.3 Å². The number of nitrogens with zero attached hydrogens (tertiary/aromatic N) is 2. The van der Waals surface area contributed by atoms with Gasteiger partial charge in [0.1, 0.15) is 5.82 Å². The van der Waals surface area contributed by atoms with Crippen LogP contribution in [0.2, 0.25) is 0 Å². The van der Waals surface area contributed by atoms with Crippen LogP contribution in [0, 0.1) is 5.82 Å². The van der Waals surface area contributed by atoms with E-state index in [2.05, 4.69) is 17.3 Å². The Kier molecular flexibility index (Phi) is 3.77. The summed E-state index contributed by atoms with van der Waals surface area (Å²) in [7, 11) is 1.92. The van der Waals surface area contributed by atoms with E-state index in [1.165, 1.54) is 6.07 Å². The van der Waals surface area contributed by atoms with Gasteiger partial charge in [0.2, 0.25) is 0 Å². The average Bonchev–Trinajstić information content (AvgIpc) is 2.75. The second kappa shape index (κ2) is 5.31. The summed E-state index contributed by atoms with van der Waals surface area (Å²) in [5.74, 6) is -0.200. The summed E-state index contributed by atoms with van der Waals surface area (Å²) < 4.78 is 15.0. The van der Waals surface area contributed by atoms with Crippen LogP contribution in [0.1, 0.15) is 37.2 Å². The van der Waals surface area contributed by atoms with E-state index in [1.54, 1.807) is 18.3 Å². The monoisotopic (exact) mass is 247 g/mol. The van der Waals surface area contributed by atoms with Crippen LogP contribution in [0.4, 0.5) is 4.39 Å². The number of halogens is 1. The molecule has 1 aromatic carbocycles. The fourth-order valence-corrected chi connectivity index (χ4v) is 2.14. The fraction of sp³-hybridized carbons (Fsp3) is 0.357. The van der Waals surface area contributed by atoms with Gasteiger partial charge in [0.15, 0.2) is 0 Å². The number of hydrogen-bond donors (Lipinski definition) is 1. The molecule has 2 aromatic rings. The molecular weight excluding hydrogens is 229 g/mol. The molecule has 0 saturated carbocycles. The summed E-state index contributed by atoms with van der Waals surface area (Å²) in [6.45, 7) is 4.11. The van der Waals surface area contributed by atoms with Crippen molar-refractivity contribution in [3.05, 3.63) is 53.6 Å². The van der Waals surface area contributed by atoms with Crippen molar-refractivity contribution in [3.63, 3.8) is 0 Å². The van der Waals surface area contributed by atoms with Crippen LogP contribution in [0.3, 0.4) is 0 Å². The van der Waals surface area contributed by atoms with Crippen molar-refractivity contribution in [1.82, 2.24) is 15.1 Å². The highest BCUT2D eigenvalue weighted by atomic mass is 19.1. The lowest BCUT2D eigenvalue weighted by molar-refractivity contribution is 0.467. The molecule has 1 N–H and O–H groups in total. The van der Waals surface area contributed by atoms with Crippen molar-refractivity contribution in [2.75, 3.05) is 0 Å². The average molecular weight is 247 g/mol. The van der Waals surface area contributed by atoms with Gasteiger partial charge in [-0.1, -0.05) is 12.1 Å². The molecule has 0 aliphatic heterocycles. The Morgan fingerprint density at radius 1 is 1.22 bits per heavy atom. The minimum Gasteiger partial charge on any atom is -0.302 e. The van der Waals surface area contributed by atoms with E-state index in [1.807, 2.05) is 30.8 Å². The molecule has 2 atom stereocenters. The fourth-order valence-electron chi connectivity index (χ4n) is 2.14. The highest BCUT2D eigenvalue weighted by molar-refractivity contribution is 5.20. The number of rotatable bonds is 4. The maximum atomic E-state index is 13.2. The molecule has 3 nitrogen and oxygen atoms in total. The van der Waals surface area contributed by atoms with Gasteiger partial charge in [0.05, 0.1) is 5.69 Å². The molecule has 1 aromatic heterocycles. The SMILES string of the molecule is CC(N[C@@H](C)c1cccc(F)c1)c1ccnn1C. The third-order valence-corrected chi connectivity index (χ3v) is 3.15. The summed E-state index contributed by atoms with van der Waals surface area (Å²) in [5, 5.41) is 7.59. The van der Waals surface area contributed by atoms with E-state index < -0.39 is 0 Å². The van der Waals surface area contributed by atoms with E-state index in [0.29, 0.717) is 0 Å². The Morgan fingerprint density at radius 3 is 2.61 bits per heavy atom. The van der Waals surface area contributed by atoms with Crippen molar-refractivity contribution >= 4 is 0 Å². The second-order valence-corrected chi connectivity index (χ2v) is 4.54. The zero-order valence-corrected chi connectivity index (χ0v) is 10.9. The number of aryl methyl sites for hydroxylation is 1. The first-order chi connectivity index (χ1) is 8.58. The highest BCUT2D eigenvalue weighted by Crippen LogP contribution is 2.19. The molecule has 0 aliphatic rings. The van der Waals surface area contributed by atoms with Gasteiger partial charge in [-0.05, 0) is 37.6 Å². The maximum absolute atomic E-state index is 13.2. The maximum Gasteiger partial charge on any atom is 0.123 e. The van der Waals surface area contributed by atoms with Gasteiger partial charge in [-0.3, -0.25) is 4.68 Å². The minimum atomic E-state index is -0.200. The van der Waals surface area contributed by atoms with Crippen LogP contribution in [-0.2, 0) is 7.05 Å². The van der Waals surface area contributed by atoms with Crippen LogP contribution < -0.4 is 5.32 Å². The van der Waals surface area contributed by atoms with E-state index >= 15 is 0 Å². The molecule has 0 spiro atoms. The predicted octanol–water partition coefficient (Wildman–Crippen LogP) is 2.97. The zero-order chi connectivity index (χ0) is 13.1. The van der Waals surface area contributed by atoms with Crippen molar-refractivity contribution in [3.8, 4) is 0 Å². The molecule has 2 rings (SSSR count). The largest absolute Gasteiger partial charge is 0.302 e. The second-order valence-electron chi connectivity index (χ2n) is 4.54. The van der Waals surface area contributed by atoms with Crippen LogP contribution in [0.15, 0.2) is 36.5 Å². The lowest BCUT2D eigenvalue weighted by Gasteiger charge is -2.20. The van der Waals surface area contributed by atoms with Gasteiger partial charge < -0.3 is 5.32 Å². The third kappa shape index (κ3) is 2.76. The first-order valence-corrected chi connectivity index (χ1v) is 6.07. The van der Waals surface area contributed by atoms with Gasteiger partial charge in [-0.15, -0.1) is 0 Å². The number of benzene rings is 1. The summed E-state index contributed by atoms with van der Waals surface area (Å²) in [6, 6.07) is 8.92. The Bertz CT molecular complexity index is 521. The van der Waals surface area contributed by atoms with E-state index in [9.17, 15) is 4.39 Å². The number of nitrogens with one attached hydrogen (secondary N) is 1. The Hall–Kier alpha value is -1.68. The molecular formula is C14H18FN3. The number of hydrogen-bond acceptors (Lipinski definition) is 2. The smallest absolute Gasteiger partial charge is 0.123 e. The molecule has 96 valence electrons. The number of aromatic nitrogens is 2. The standard InChI is InChI=1S/C14H18FN3/c1-10(12-5-4-6-13(15)9-12)17-11(2)14-7-8-16-18(14)3/h4-11,17H,1-3H3/t10-,11?/m0/s1. The third-order valence-electron chi connectivity index (χ3n) is 3.15. The lowest BCUT2D eigenvalue weighted by Crippen LogP contribution is -2.24. The normalized spacial score (nSPS) is 14.4. The molecule has 0 aliphatic carbocycles. The molecule has 0 amide bonds. The molecule has 0 saturated heterocycles. The highest BCUT2D eigenvalue weighted by Gasteiger charge is 2.13. The van der Waals surface area contributed by atoms with E-state index in [0.717, 1.165) is 11.3 Å². The Morgan fingerprint density at radius 2 is 2.00 bits per heavy atom. The molecule has 1 unspecified atom stereocenters. The summed E-state index contributed by atoms with van der Waals surface area (Å²) in [4.78, 5) is 0. The van der Waals surface area contributed by atoms with Crippen molar-refractivity contribution in [1.29, 1.82) is 0 Å². The Balaban J connectivity index is 2.08. The first kappa shape index (κ1) is 12.8. The molecule has 0 radical (unpaired) electrons. The van der Waals surface area contributed by atoms with Crippen LogP contribution in [0.25, 0.3) is 0 Å². The summed E-state index contributed by atoms with van der Waals surface area (Å²) in [6.07, 6.45) is 1.78. The van der Waals surface area contributed by atoms with Crippen LogP contribution >= 0.6 is 0 Å². The molecule has 18 heavy (non-hydrogen) atoms. The predicted molar refractivity (Wildman–Crippen MR) is 69.6 cm³/mol. The van der Waals surface area contributed by atoms with E-state index in [-0.39, 0.29) is 17.9 Å². The summed E-state index contributed by atoms with van der Waals surface area (Å²) >= 11 is 0. The van der Waals surface area contributed by atoms with Crippen molar-refractivity contribution in [2.45, 2.75) is 25.9 Å². The topological polar surface area (TPSA) is 29.9 Å². The van der Waals surface area contributed by atoms with Gasteiger partial charge >= 0.3 is 0 Å². The quantitative estimate of drug-likeness (QED) is 0.900. The lowest BCUT2D eigenvalue weighted by atomic mass is 10.1. The zero-order valence-electron chi connectivity index (χ0n) is 10.9. The molecule has 4 heteroatoms. The molecule has 1 heterocycles. The van der Waals surface area contributed by atoms with Crippen molar-refractivity contribution in [2.24, 2.45) is 7.05 Å².